The molecule has 0 radical (unpaired) electrons. The predicted octanol–water partition coefficient (Wildman–Crippen LogP) is 4.15. The second-order valence-electron chi connectivity index (χ2n) is 5.95. The maximum absolute atomic E-state index is 11.8. The summed E-state index contributed by atoms with van der Waals surface area (Å²) in [5, 5.41) is 14.9. The van der Waals surface area contributed by atoms with Gasteiger partial charge in [-0.2, -0.15) is 8.42 Å². The molecule has 4 aromatic carbocycles. The number of aryl methyl sites for hydroxylation is 2. The predicted molar refractivity (Wildman–Crippen MR) is 91.1 cm³/mol. The van der Waals surface area contributed by atoms with Crippen molar-refractivity contribution in [2.24, 2.45) is 0 Å². The summed E-state index contributed by atoms with van der Waals surface area (Å²) in [5.41, 5.74) is 1.68. The largest absolute Gasteiger partial charge is 0.507 e. The third-order valence-corrected chi connectivity index (χ3v) is 5.42. The van der Waals surface area contributed by atoms with Crippen LogP contribution < -0.4 is 0 Å². The van der Waals surface area contributed by atoms with Crippen molar-refractivity contribution >= 4 is 42.4 Å². The molecule has 0 amide bonds. The van der Waals surface area contributed by atoms with Gasteiger partial charge in [0.25, 0.3) is 10.1 Å². The molecule has 0 heterocycles. The molecule has 0 saturated carbocycles. The molecule has 0 spiro atoms. The maximum atomic E-state index is 11.8. The third kappa shape index (κ3) is 1.84. The van der Waals surface area contributed by atoms with Crippen molar-refractivity contribution in [1.29, 1.82) is 0 Å². The Bertz CT molecular complexity index is 1180. The Kier molecular flexibility index (Phi) is 2.69. The van der Waals surface area contributed by atoms with E-state index in [0.717, 1.165) is 32.7 Å². The van der Waals surface area contributed by atoms with Crippen LogP contribution in [0.3, 0.4) is 0 Å². The summed E-state index contributed by atoms with van der Waals surface area (Å²) in [6.07, 6.45) is 0. The fraction of sp³-hybridized carbons (Fsp3) is 0.111. The van der Waals surface area contributed by atoms with E-state index in [2.05, 4.69) is 0 Å². The van der Waals surface area contributed by atoms with Crippen LogP contribution in [0.15, 0.2) is 41.3 Å². The molecule has 2 N–H and O–H groups in total. The van der Waals surface area contributed by atoms with E-state index in [4.69, 9.17) is 0 Å². The molecule has 0 aromatic heterocycles. The standard InChI is InChI=1S/C18H14O4S/c1-9-7-15(19)13-5-6-14-16(23(20,21)22)8-10(2)12-4-3-11(9)17(13)18(12)14/h3-8,19H,1-2H3,(H,20,21,22). The molecule has 0 unspecified atom stereocenters. The lowest BCUT2D eigenvalue weighted by atomic mass is 9.90. The molecule has 23 heavy (non-hydrogen) atoms. The number of aromatic hydroxyl groups is 1. The Balaban J connectivity index is 2.43. The van der Waals surface area contributed by atoms with Crippen LogP contribution in [0, 0.1) is 13.8 Å². The number of phenols is 1. The topological polar surface area (TPSA) is 74.6 Å². The summed E-state index contributed by atoms with van der Waals surface area (Å²) < 4.78 is 33.1. The monoisotopic (exact) mass is 326 g/mol. The molecule has 0 saturated heterocycles. The van der Waals surface area contributed by atoms with E-state index in [1.165, 1.54) is 6.07 Å². The fourth-order valence-corrected chi connectivity index (χ4v) is 4.27. The highest BCUT2D eigenvalue weighted by molar-refractivity contribution is 7.86. The highest BCUT2D eigenvalue weighted by Crippen LogP contribution is 2.42. The summed E-state index contributed by atoms with van der Waals surface area (Å²) in [4.78, 5) is -0.0992. The van der Waals surface area contributed by atoms with Crippen LogP contribution in [0.4, 0.5) is 0 Å². The van der Waals surface area contributed by atoms with Crippen LogP contribution in [0.5, 0.6) is 5.75 Å². The molecule has 4 nitrogen and oxygen atoms in total. The van der Waals surface area contributed by atoms with Gasteiger partial charge in [-0.05, 0) is 59.3 Å². The van der Waals surface area contributed by atoms with E-state index in [1.54, 1.807) is 18.2 Å². The maximum Gasteiger partial charge on any atom is 0.295 e. The van der Waals surface area contributed by atoms with Gasteiger partial charge in [-0.1, -0.05) is 18.2 Å². The molecular weight excluding hydrogens is 312 g/mol. The lowest BCUT2D eigenvalue weighted by molar-refractivity contribution is 0.481. The first-order chi connectivity index (χ1) is 10.8. The van der Waals surface area contributed by atoms with Gasteiger partial charge in [-0.3, -0.25) is 4.55 Å². The Hall–Kier alpha value is -2.37. The lowest BCUT2D eigenvalue weighted by Crippen LogP contribution is -2.01. The van der Waals surface area contributed by atoms with Crippen molar-refractivity contribution in [3.63, 3.8) is 0 Å². The average Bonchev–Trinajstić information content (AvgIpc) is 2.48. The quantitative estimate of drug-likeness (QED) is 0.407. The SMILES string of the molecule is Cc1cc(O)c2ccc3c(S(=O)(=O)O)cc(C)c4ccc1c2c43. The summed E-state index contributed by atoms with van der Waals surface area (Å²) in [6.45, 7) is 3.72. The summed E-state index contributed by atoms with van der Waals surface area (Å²) in [5.74, 6) is 0.166. The summed E-state index contributed by atoms with van der Waals surface area (Å²) >= 11 is 0. The van der Waals surface area contributed by atoms with Gasteiger partial charge in [0.2, 0.25) is 0 Å². The zero-order valence-electron chi connectivity index (χ0n) is 12.6. The van der Waals surface area contributed by atoms with Gasteiger partial charge in [-0.15, -0.1) is 0 Å². The van der Waals surface area contributed by atoms with E-state index in [1.807, 2.05) is 26.0 Å². The normalized spacial score (nSPS) is 12.7. The van der Waals surface area contributed by atoms with Gasteiger partial charge in [0, 0.05) is 16.2 Å². The Morgan fingerprint density at radius 1 is 0.783 bits per heavy atom. The lowest BCUT2D eigenvalue weighted by Gasteiger charge is -2.16. The van der Waals surface area contributed by atoms with Crippen molar-refractivity contribution in [2.75, 3.05) is 0 Å². The summed E-state index contributed by atoms with van der Waals surface area (Å²) in [6, 6.07) is 10.5. The second kappa shape index (κ2) is 4.34. The van der Waals surface area contributed by atoms with Crippen LogP contribution in [0.25, 0.3) is 32.3 Å². The molecule has 4 aromatic rings. The number of rotatable bonds is 1. The van der Waals surface area contributed by atoms with E-state index < -0.39 is 10.1 Å². The third-order valence-electron chi connectivity index (χ3n) is 4.53. The zero-order chi connectivity index (χ0) is 16.5. The number of benzene rings is 4. The second-order valence-corrected chi connectivity index (χ2v) is 7.34. The first-order valence-electron chi connectivity index (χ1n) is 7.17. The first-order valence-corrected chi connectivity index (χ1v) is 8.61. The molecule has 0 aliphatic heterocycles. The zero-order valence-corrected chi connectivity index (χ0v) is 13.4. The molecule has 116 valence electrons. The first kappa shape index (κ1) is 14.2. The molecule has 4 rings (SSSR count). The highest BCUT2D eigenvalue weighted by atomic mass is 32.2. The van der Waals surface area contributed by atoms with Crippen molar-refractivity contribution in [3.05, 3.63) is 47.5 Å². The van der Waals surface area contributed by atoms with Crippen molar-refractivity contribution in [1.82, 2.24) is 0 Å². The highest BCUT2D eigenvalue weighted by Gasteiger charge is 2.20. The van der Waals surface area contributed by atoms with E-state index in [-0.39, 0.29) is 10.6 Å². The number of phenolic OH excluding ortho intramolecular Hbond substituents is 1. The van der Waals surface area contributed by atoms with Gasteiger partial charge < -0.3 is 5.11 Å². The van der Waals surface area contributed by atoms with Gasteiger partial charge in [0.15, 0.2) is 0 Å². The van der Waals surface area contributed by atoms with E-state index in [0.29, 0.717) is 10.8 Å². The summed E-state index contributed by atoms with van der Waals surface area (Å²) in [7, 11) is -4.33. The van der Waals surface area contributed by atoms with Gasteiger partial charge in [0.1, 0.15) is 10.6 Å². The fourth-order valence-electron chi connectivity index (χ4n) is 3.50. The number of hydrogen-bond donors (Lipinski definition) is 2. The molecule has 0 aliphatic rings. The molecule has 0 atom stereocenters. The minimum Gasteiger partial charge on any atom is -0.507 e. The molecule has 0 aliphatic carbocycles. The van der Waals surface area contributed by atoms with Crippen molar-refractivity contribution in [3.8, 4) is 5.75 Å². The molecule has 0 bridgehead atoms. The van der Waals surface area contributed by atoms with Crippen LogP contribution >= 0.6 is 0 Å². The smallest absolute Gasteiger partial charge is 0.295 e. The minimum absolute atomic E-state index is 0.0992. The average molecular weight is 326 g/mol. The molecule has 0 fully saturated rings. The van der Waals surface area contributed by atoms with Gasteiger partial charge in [-0.25, -0.2) is 0 Å². The van der Waals surface area contributed by atoms with E-state index in [9.17, 15) is 18.1 Å². The van der Waals surface area contributed by atoms with Gasteiger partial charge in [0.05, 0.1) is 0 Å². The Morgan fingerprint density at radius 2 is 1.26 bits per heavy atom. The Labute approximate surface area is 133 Å². The van der Waals surface area contributed by atoms with Crippen LogP contribution in [0.1, 0.15) is 11.1 Å². The number of hydrogen-bond acceptors (Lipinski definition) is 3. The van der Waals surface area contributed by atoms with Crippen LogP contribution in [-0.2, 0) is 10.1 Å². The minimum atomic E-state index is -4.33. The molecular formula is C18H14O4S. The van der Waals surface area contributed by atoms with Gasteiger partial charge >= 0.3 is 0 Å². The van der Waals surface area contributed by atoms with Crippen LogP contribution in [-0.4, -0.2) is 18.1 Å². The Morgan fingerprint density at radius 3 is 1.87 bits per heavy atom. The van der Waals surface area contributed by atoms with E-state index >= 15 is 0 Å². The molecule has 5 heteroatoms. The van der Waals surface area contributed by atoms with Crippen molar-refractivity contribution in [2.45, 2.75) is 18.7 Å². The van der Waals surface area contributed by atoms with Crippen molar-refractivity contribution < 1.29 is 18.1 Å². The van der Waals surface area contributed by atoms with Crippen LogP contribution in [0.2, 0.25) is 0 Å².